The molecule has 1 aliphatic heterocycles. The van der Waals surface area contributed by atoms with E-state index in [0.717, 1.165) is 49.3 Å². The van der Waals surface area contributed by atoms with Gasteiger partial charge in [-0.2, -0.15) is 0 Å². The van der Waals surface area contributed by atoms with Crippen molar-refractivity contribution in [1.29, 1.82) is 0 Å². The van der Waals surface area contributed by atoms with Crippen molar-refractivity contribution in [2.24, 2.45) is 5.92 Å². The summed E-state index contributed by atoms with van der Waals surface area (Å²) in [6.45, 7) is 4.33. The van der Waals surface area contributed by atoms with Crippen LogP contribution < -0.4 is 10.6 Å². The zero-order chi connectivity index (χ0) is 23.8. The molecular weight excluding hydrogens is 426 g/mol. The van der Waals surface area contributed by atoms with E-state index in [0.29, 0.717) is 30.4 Å². The van der Waals surface area contributed by atoms with Gasteiger partial charge in [0.05, 0.1) is 11.3 Å². The highest BCUT2D eigenvalue weighted by atomic mass is 16.2. The number of anilines is 1. The van der Waals surface area contributed by atoms with Crippen LogP contribution in [0.3, 0.4) is 0 Å². The Morgan fingerprint density at radius 3 is 2.47 bits per heavy atom. The Labute approximate surface area is 200 Å². The first-order valence-corrected chi connectivity index (χ1v) is 11.8. The van der Waals surface area contributed by atoms with Crippen molar-refractivity contribution in [2.45, 2.75) is 26.2 Å². The summed E-state index contributed by atoms with van der Waals surface area (Å²) in [5, 5.41) is 6.44. The second-order valence-corrected chi connectivity index (χ2v) is 8.62. The molecule has 3 aromatic rings. The number of hydrogen-bond acceptors (Lipinski definition) is 5. The SMILES string of the molecule is CC(=O)N1CCC(CNC(=O)c2ccc(-c3ccccc3)nc2NCCc2ccccn2)CC1. The molecule has 7 nitrogen and oxygen atoms in total. The lowest BCUT2D eigenvalue weighted by molar-refractivity contribution is -0.130. The number of hydrogen-bond donors (Lipinski definition) is 2. The summed E-state index contributed by atoms with van der Waals surface area (Å²) in [5.74, 6) is 0.924. The molecule has 0 spiro atoms. The molecule has 3 heterocycles. The Kier molecular flexibility index (Phi) is 7.86. The van der Waals surface area contributed by atoms with E-state index < -0.39 is 0 Å². The lowest BCUT2D eigenvalue weighted by Crippen LogP contribution is -2.40. The van der Waals surface area contributed by atoms with Gasteiger partial charge in [-0.15, -0.1) is 0 Å². The highest BCUT2D eigenvalue weighted by Crippen LogP contribution is 2.22. The Morgan fingerprint density at radius 2 is 1.76 bits per heavy atom. The summed E-state index contributed by atoms with van der Waals surface area (Å²) in [6, 6.07) is 19.5. The Bertz CT molecular complexity index is 1100. The average Bonchev–Trinajstić information content (AvgIpc) is 2.88. The number of carbonyl (C=O) groups is 2. The molecule has 0 radical (unpaired) electrons. The van der Waals surface area contributed by atoms with Crippen molar-refractivity contribution in [2.75, 3.05) is 31.5 Å². The maximum Gasteiger partial charge on any atom is 0.255 e. The summed E-state index contributed by atoms with van der Waals surface area (Å²) in [4.78, 5) is 35.7. The molecule has 0 bridgehead atoms. The standard InChI is InChI=1S/C27H31N5O2/c1-20(33)32-17-13-21(14-18-32)19-30-27(34)24-10-11-25(22-7-3-2-4-8-22)31-26(24)29-16-12-23-9-5-6-15-28-23/h2-11,15,21H,12-14,16-19H2,1H3,(H,29,31)(H,30,34). The van der Waals surface area contributed by atoms with Gasteiger partial charge < -0.3 is 15.5 Å². The van der Waals surface area contributed by atoms with Gasteiger partial charge in [0, 0.05) is 57.0 Å². The van der Waals surface area contributed by atoms with Crippen LogP contribution in [0.15, 0.2) is 66.9 Å². The van der Waals surface area contributed by atoms with Gasteiger partial charge in [-0.25, -0.2) is 4.98 Å². The normalized spacial score (nSPS) is 14.0. The van der Waals surface area contributed by atoms with Crippen molar-refractivity contribution in [3.8, 4) is 11.3 Å². The molecule has 34 heavy (non-hydrogen) atoms. The predicted octanol–water partition coefficient (Wildman–Crippen LogP) is 3.79. The van der Waals surface area contributed by atoms with Crippen molar-refractivity contribution in [3.63, 3.8) is 0 Å². The maximum atomic E-state index is 13.1. The van der Waals surface area contributed by atoms with Gasteiger partial charge in [-0.05, 0) is 43.0 Å². The van der Waals surface area contributed by atoms with Crippen LogP contribution in [0.4, 0.5) is 5.82 Å². The second kappa shape index (κ2) is 11.4. The average molecular weight is 458 g/mol. The second-order valence-electron chi connectivity index (χ2n) is 8.62. The molecule has 2 amide bonds. The third kappa shape index (κ3) is 6.19. The molecule has 4 rings (SSSR count). The minimum Gasteiger partial charge on any atom is -0.369 e. The van der Waals surface area contributed by atoms with E-state index in [9.17, 15) is 9.59 Å². The Morgan fingerprint density at radius 1 is 1.00 bits per heavy atom. The van der Waals surface area contributed by atoms with E-state index in [1.54, 1.807) is 13.1 Å². The molecule has 1 aromatic carbocycles. The number of benzene rings is 1. The molecule has 0 atom stereocenters. The monoisotopic (exact) mass is 457 g/mol. The van der Waals surface area contributed by atoms with Crippen LogP contribution in [-0.4, -0.2) is 52.9 Å². The topological polar surface area (TPSA) is 87.2 Å². The van der Waals surface area contributed by atoms with Crippen molar-refractivity contribution in [1.82, 2.24) is 20.2 Å². The molecule has 7 heteroatoms. The minimum atomic E-state index is -0.138. The van der Waals surface area contributed by atoms with Crippen LogP contribution >= 0.6 is 0 Å². The molecule has 1 fully saturated rings. The molecular formula is C27H31N5O2. The number of nitrogens with one attached hydrogen (secondary N) is 2. The number of aromatic nitrogens is 2. The van der Waals surface area contributed by atoms with Crippen LogP contribution in [0.25, 0.3) is 11.3 Å². The van der Waals surface area contributed by atoms with E-state index in [1.807, 2.05) is 65.6 Å². The lowest BCUT2D eigenvalue weighted by Gasteiger charge is -2.31. The first-order chi connectivity index (χ1) is 16.6. The van der Waals surface area contributed by atoms with Gasteiger partial charge in [0.15, 0.2) is 0 Å². The fourth-order valence-corrected chi connectivity index (χ4v) is 4.19. The molecule has 2 N–H and O–H groups in total. The number of carbonyl (C=O) groups excluding carboxylic acids is 2. The third-order valence-corrected chi connectivity index (χ3v) is 6.22. The fourth-order valence-electron chi connectivity index (χ4n) is 4.19. The van der Waals surface area contributed by atoms with Crippen molar-refractivity contribution < 1.29 is 9.59 Å². The Hall–Kier alpha value is -3.74. The summed E-state index contributed by atoms with van der Waals surface area (Å²) in [5.41, 5.74) is 3.33. The predicted molar refractivity (Wildman–Crippen MR) is 133 cm³/mol. The zero-order valence-electron chi connectivity index (χ0n) is 19.5. The van der Waals surface area contributed by atoms with Crippen molar-refractivity contribution >= 4 is 17.6 Å². The maximum absolute atomic E-state index is 13.1. The molecule has 176 valence electrons. The quantitative estimate of drug-likeness (QED) is 0.538. The largest absolute Gasteiger partial charge is 0.369 e. The van der Waals surface area contributed by atoms with E-state index in [2.05, 4.69) is 15.6 Å². The number of piperidine rings is 1. The molecule has 0 unspecified atom stereocenters. The van der Waals surface area contributed by atoms with Gasteiger partial charge in [-0.1, -0.05) is 36.4 Å². The van der Waals surface area contributed by atoms with E-state index in [1.165, 1.54) is 0 Å². The van der Waals surface area contributed by atoms with Crippen LogP contribution in [-0.2, 0) is 11.2 Å². The summed E-state index contributed by atoms with van der Waals surface area (Å²) in [7, 11) is 0. The summed E-state index contributed by atoms with van der Waals surface area (Å²) in [6.07, 6.45) is 4.32. The first-order valence-electron chi connectivity index (χ1n) is 11.8. The van der Waals surface area contributed by atoms with Crippen LogP contribution in [0.2, 0.25) is 0 Å². The Balaban J connectivity index is 1.44. The van der Waals surface area contributed by atoms with Gasteiger partial charge in [0.25, 0.3) is 5.91 Å². The molecule has 1 saturated heterocycles. The number of pyridine rings is 2. The van der Waals surface area contributed by atoms with Crippen LogP contribution in [0.5, 0.6) is 0 Å². The van der Waals surface area contributed by atoms with Crippen LogP contribution in [0, 0.1) is 5.92 Å². The summed E-state index contributed by atoms with van der Waals surface area (Å²) >= 11 is 0. The van der Waals surface area contributed by atoms with Gasteiger partial charge in [0.1, 0.15) is 5.82 Å². The molecule has 2 aromatic heterocycles. The smallest absolute Gasteiger partial charge is 0.255 e. The van der Waals surface area contributed by atoms with Gasteiger partial charge >= 0.3 is 0 Å². The minimum absolute atomic E-state index is 0.119. The number of likely N-dealkylation sites (tertiary alicyclic amines) is 1. The van der Waals surface area contributed by atoms with Gasteiger partial charge in [0.2, 0.25) is 5.91 Å². The first kappa shape index (κ1) is 23.4. The van der Waals surface area contributed by atoms with Crippen LogP contribution in [0.1, 0.15) is 35.8 Å². The lowest BCUT2D eigenvalue weighted by atomic mass is 9.96. The van der Waals surface area contributed by atoms with E-state index >= 15 is 0 Å². The van der Waals surface area contributed by atoms with Gasteiger partial charge in [-0.3, -0.25) is 14.6 Å². The summed E-state index contributed by atoms with van der Waals surface area (Å²) < 4.78 is 0. The van der Waals surface area contributed by atoms with E-state index in [-0.39, 0.29) is 11.8 Å². The van der Waals surface area contributed by atoms with Crippen molar-refractivity contribution in [3.05, 3.63) is 78.1 Å². The highest BCUT2D eigenvalue weighted by Gasteiger charge is 2.22. The zero-order valence-corrected chi connectivity index (χ0v) is 19.5. The molecule has 0 saturated carbocycles. The fraction of sp³-hybridized carbons (Fsp3) is 0.333. The highest BCUT2D eigenvalue weighted by molar-refractivity contribution is 5.99. The number of rotatable bonds is 8. The third-order valence-electron chi connectivity index (χ3n) is 6.22. The van der Waals surface area contributed by atoms with E-state index in [4.69, 9.17) is 4.98 Å². The number of nitrogens with zero attached hydrogens (tertiary/aromatic N) is 3. The number of amides is 2. The molecule has 0 aliphatic carbocycles. The molecule has 1 aliphatic rings.